The van der Waals surface area contributed by atoms with Crippen LogP contribution in [0.3, 0.4) is 0 Å². The van der Waals surface area contributed by atoms with Gasteiger partial charge in [-0.2, -0.15) is 0 Å². The maximum Gasteiger partial charge on any atom is 0.229 e. The first kappa shape index (κ1) is 11.9. The van der Waals surface area contributed by atoms with Crippen molar-refractivity contribution in [2.24, 2.45) is 0 Å². The highest BCUT2D eigenvalue weighted by molar-refractivity contribution is 6.13. The monoisotopic (exact) mass is 252 g/mol. The van der Waals surface area contributed by atoms with Crippen LogP contribution in [-0.4, -0.2) is 15.5 Å². The molecule has 0 bridgehead atoms. The van der Waals surface area contributed by atoms with Gasteiger partial charge < -0.3 is 0 Å². The average Bonchev–Trinajstić information content (AvgIpc) is 2.68. The van der Waals surface area contributed by atoms with Gasteiger partial charge in [-0.25, -0.2) is 4.98 Å². The number of carbonyl (C=O) groups is 1. The van der Waals surface area contributed by atoms with E-state index in [1.807, 2.05) is 13.1 Å². The summed E-state index contributed by atoms with van der Waals surface area (Å²) in [5.74, 6) is 0.00468. The Morgan fingerprint density at radius 2 is 1.89 bits per heavy atom. The van der Waals surface area contributed by atoms with E-state index in [2.05, 4.69) is 37.0 Å². The van der Waals surface area contributed by atoms with Crippen LogP contribution in [0.25, 0.3) is 21.9 Å². The van der Waals surface area contributed by atoms with Crippen LogP contribution < -0.4 is 0 Å². The van der Waals surface area contributed by atoms with Gasteiger partial charge >= 0.3 is 0 Å². The molecule has 0 aliphatic heterocycles. The minimum absolute atomic E-state index is 0.00468. The van der Waals surface area contributed by atoms with E-state index in [0.717, 1.165) is 33.1 Å². The number of hydrogen-bond donors (Lipinski definition) is 0. The van der Waals surface area contributed by atoms with Gasteiger partial charge in [0.15, 0.2) is 0 Å². The Balaban J connectivity index is 2.66. The van der Waals surface area contributed by atoms with E-state index < -0.39 is 0 Å². The summed E-state index contributed by atoms with van der Waals surface area (Å²) in [4.78, 5) is 16.5. The van der Waals surface area contributed by atoms with E-state index in [4.69, 9.17) is 0 Å². The molecule has 0 saturated carbocycles. The maximum atomic E-state index is 12.0. The summed E-state index contributed by atoms with van der Waals surface area (Å²) in [6, 6.07) is 6.28. The molecule has 0 radical (unpaired) electrons. The van der Waals surface area contributed by atoms with Crippen molar-refractivity contribution in [3.05, 3.63) is 41.1 Å². The maximum absolute atomic E-state index is 12.0. The predicted octanol–water partition coefficient (Wildman–Crippen LogP) is 3.77. The van der Waals surface area contributed by atoms with E-state index in [1.54, 1.807) is 11.5 Å². The van der Waals surface area contributed by atoms with Gasteiger partial charge in [0.2, 0.25) is 5.91 Å². The number of rotatable bonds is 0. The van der Waals surface area contributed by atoms with Crippen LogP contribution >= 0.6 is 0 Å². The van der Waals surface area contributed by atoms with E-state index in [9.17, 15) is 4.79 Å². The lowest BCUT2D eigenvalue weighted by Crippen LogP contribution is -2.07. The van der Waals surface area contributed by atoms with Crippen LogP contribution in [0.4, 0.5) is 0 Å². The fraction of sp³-hybridized carbons (Fsp3) is 0.250. The van der Waals surface area contributed by atoms with Crippen LogP contribution in [0.5, 0.6) is 0 Å². The van der Waals surface area contributed by atoms with Crippen molar-refractivity contribution in [3.63, 3.8) is 0 Å². The Hall–Kier alpha value is -2.16. The fourth-order valence-corrected chi connectivity index (χ4v) is 2.66. The van der Waals surface area contributed by atoms with E-state index >= 15 is 0 Å². The Morgan fingerprint density at radius 1 is 1.16 bits per heavy atom. The van der Waals surface area contributed by atoms with Crippen LogP contribution in [0.1, 0.15) is 28.4 Å². The first-order valence-electron chi connectivity index (χ1n) is 6.38. The SMILES string of the molecule is CC(=O)n1c2ncc(C)cc2c2ccc(C)c(C)c21. The van der Waals surface area contributed by atoms with Crippen molar-refractivity contribution in [1.82, 2.24) is 9.55 Å². The van der Waals surface area contributed by atoms with Crippen LogP contribution in [0.2, 0.25) is 0 Å². The number of hydrogen-bond acceptors (Lipinski definition) is 2. The molecule has 3 rings (SSSR count). The second-order valence-corrected chi connectivity index (χ2v) is 5.14. The Kier molecular flexibility index (Phi) is 2.45. The quantitative estimate of drug-likeness (QED) is 0.610. The van der Waals surface area contributed by atoms with Gasteiger partial charge in [-0.05, 0) is 43.5 Å². The topological polar surface area (TPSA) is 34.9 Å². The van der Waals surface area contributed by atoms with Gasteiger partial charge in [-0.1, -0.05) is 12.1 Å². The summed E-state index contributed by atoms with van der Waals surface area (Å²) >= 11 is 0. The predicted molar refractivity (Wildman–Crippen MR) is 77.8 cm³/mol. The molecule has 0 N–H and O–H groups in total. The van der Waals surface area contributed by atoms with Crippen molar-refractivity contribution in [2.75, 3.05) is 0 Å². The highest BCUT2D eigenvalue weighted by Crippen LogP contribution is 2.31. The molecule has 0 unspecified atom stereocenters. The fourth-order valence-electron chi connectivity index (χ4n) is 2.66. The highest BCUT2D eigenvalue weighted by Gasteiger charge is 2.16. The lowest BCUT2D eigenvalue weighted by atomic mass is 10.1. The molecule has 1 aromatic carbocycles. The van der Waals surface area contributed by atoms with Crippen LogP contribution in [0.15, 0.2) is 24.4 Å². The van der Waals surface area contributed by atoms with Gasteiger partial charge in [-0.15, -0.1) is 0 Å². The summed E-state index contributed by atoms with van der Waals surface area (Å²) < 4.78 is 1.73. The molecular formula is C16H16N2O. The molecule has 3 aromatic rings. The summed E-state index contributed by atoms with van der Waals surface area (Å²) in [5, 5.41) is 2.15. The zero-order valence-electron chi connectivity index (χ0n) is 11.6. The number of benzene rings is 1. The molecule has 96 valence electrons. The third-order valence-corrected chi connectivity index (χ3v) is 3.75. The van der Waals surface area contributed by atoms with Crippen molar-refractivity contribution in [2.45, 2.75) is 27.7 Å². The summed E-state index contributed by atoms with van der Waals surface area (Å²) in [6.07, 6.45) is 1.81. The number of pyridine rings is 1. The van der Waals surface area contributed by atoms with Crippen molar-refractivity contribution < 1.29 is 4.79 Å². The number of aromatic nitrogens is 2. The molecule has 2 aromatic heterocycles. The first-order chi connectivity index (χ1) is 9.00. The van der Waals surface area contributed by atoms with Crippen molar-refractivity contribution >= 4 is 27.8 Å². The summed E-state index contributed by atoms with van der Waals surface area (Å²) in [5.41, 5.74) is 5.17. The van der Waals surface area contributed by atoms with E-state index in [-0.39, 0.29) is 5.91 Å². The molecule has 0 amide bonds. The third kappa shape index (κ3) is 1.58. The molecule has 3 heteroatoms. The molecule has 19 heavy (non-hydrogen) atoms. The zero-order valence-corrected chi connectivity index (χ0v) is 11.6. The second-order valence-electron chi connectivity index (χ2n) is 5.14. The van der Waals surface area contributed by atoms with Gasteiger partial charge in [0.25, 0.3) is 0 Å². The second kappa shape index (κ2) is 3.92. The molecule has 0 spiro atoms. The minimum atomic E-state index is 0.00468. The van der Waals surface area contributed by atoms with Gasteiger partial charge in [0, 0.05) is 23.9 Å². The Labute approximate surface area is 111 Å². The van der Waals surface area contributed by atoms with Gasteiger partial charge in [0.05, 0.1) is 5.52 Å². The van der Waals surface area contributed by atoms with Crippen molar-refractivity contribution in [1.29, 1.82) is 0 Å². The molecule has 0 saturated heterocycles. The molecule has 0 aliphatic carbocycles. The summed E-state index contributed by atoms with van der Waals surface area (Å²) in [6.45, 7) is 7.73. The lowest BCUT2D eigenvalue weighted by Gasteiger charge is -2.06. The number of carbonyl (C=O) groups excluding carboxylic acids is 1. The molecule has 0 atom stereocenters. The Bertz CT molecular complexity index is 828. The summed E-state index contributed by atoms with van der Waals surface area (Å²) in [7, 11) is 0. The van der Waals surface area contributed by atoms with Gasteiger partial charge in [-0.3, -0.25) is 9.36 Å². The lowest BCUT2D eigenvalue weighted by molar-refractivity contribution is 0.0945. The first-order valence-corrected chi connectivity index (χ1v) is 6.38. The largest absolute Gasteiger partial charge is 0.274 e. The highest BCUT2D eigenvalue weighted by atomic mass is 16.1. The molecule has 2 heterocycles. The molecular weight excluding hydrogens is 236 g/mol. The standard InChI is InChI=1S/C16H16N2O/c1-9-7-14-13-6-5-10(2)11(3)15(13)18(12(4)19)16(14)17-8-9/h5-8H,1-4H3. The molecule has 0 fully saturated rings. The average molecular weight is 252 g/mol. The van der Waals surface area contributed by atoms with Crippen molar-refractivity contribution in [3.8, 4) is 0 Å². The van der Waals surface area contributed by atoms with E-state index in [0.29, 0.717) is 0 Å². The molecule has 0 aliphatic rings. The number of fused-ring (bicyclic) bond motifs is 3. The van der Waals surface area contributed by atoms with Gasteiger partial charge in [0.1, 0.15) is 5.65 Å². The van der Waals surface area contributed by atoms with Crippen LogP contribution in [0, 0.1) is 20.8 Å². The Morgan fingerprint density at radius 3 is 2.58 bits per heavy atom. The smallest absolute Gasteiger partial charge is 0.229 e. The number of nitrogens with zero attached hydrogens (tertiary/aromatic N) is 2. The van der Waals surface area contributed by atoms with E-state index in [1.165, 1.54) is 5.56 Å². The number of aryl methyl sites for hydroxylation is 3. The third-order valence-electron chi connectivity index (χ3n) is 3.75. The normalized spacial score (nSPS) is 11.4. The van der Waals surface area contributed by atoms with Crippen LogP contribution in [-0.2, 0) is 0 Å². The zero-order chi connectivity index (χ0) is 13.7. The minimum Gasteiger partial charge on any atom is -0.274 e. The molecule has 3 nitrogen and oxygen atoms in total.